The lowest BCUT2D eigenvalue weighted by Crippen LogP contribution is -2.30. The van der Waals surface area contributed by atoms with Gasteiger partial charge >= 0.3 is 39.5 Å². The van der Waals surface area contributed by atoms with E-state index in [0.717, 1.165) is 109 Å². The normalized spacial score (nSPS) is 14.5. The quantitative estimate of drug-likeness (QED) is 0.0222. The Morgan fingerprint density at radius 1 is 0.370 bits per heavy atom. The van der Waals surface area contributed by atoms with Gasteiger partial charge in [-0.15, -0.1) is 0 Å². The predicted molar refractivity (Wildman–Crippen MR) is 285 cm³/mol. The zero-order valence-electron chi connectivity index (χ0n) is 46.3. The van der Waals surface area contributed by atoms with Crippen LogP contribution in [0.2, 0.25) is 0 Å². The van der Waals surface area contributed by atoms with Crippen LogP contribution in [0, 0.1) is 5.92 Å². The maximum Gasteiger partial charge on any atom is 0.472 e. The molecule has 0 heterocycles. The highest BCUT2D eigenvalue weighted by Gasteiger charge is 2.30. The zero-order valence-corrected chi connectivity index (χ0v) is 48.0. The molecule has 0 aliphatic carbocycles. The summed E-state index contributed by atoms with van der Waals surface area (Å²) < 4.78 is 67.1. The standard InChI is InChI=1S/C54H104O17P2/c1-6-9-12-15-16-24-29-33-38-52(57)65-44-50(71-54(59)40-35-30-25-22-20-18-17-19-21-23-28-31-36-47(4)5)46-69-73(62,63)67-42-48(55)41-66-72(60,61)68-45-49(70-53(58)39-34-27-14-11-8-3)43-64-51(56)37-32-26-13-10-7-2/h47-50,55H,6-46H2,1-5H3,(H,60,61)(H,62,63)/t48-,49+,50+/m0/s1. The topological polar surface area (TPSA) is 237 Å². The second kappa shape index (κ2) is 48.4. The lowest BCUT2D eigenvalue weighted by molar-refractivity contribution is -0.161. The van der Waals surface area contributed by atoms with E-state index in [-0.39, 0.29) is 25.7 Å². The van der Waals surface area contributed by atoms with Gasteiger partial charge in [-0.2, -0.15) is 0 Å². The Morgan fingerprint density at radius 2 is 0.630 bits per heavy atom. The Kier molecular flexibility index (Phi) is 47.1. The molecule has 0 rings (SSSR count). The number of hydrogen-bond acceptors (Lipinski definition) is 15. The molecule has 0 aliphatic heterocycles. The monoisotopic (exact) mass is 1090 g/mol. The molecule has 0 radical (unpaired) electrons. The van der Waals surface area contributed by atoms with Gasteiger partial charge in [0.15, 0.2) is 12.2 Å². The van der Waals surface area contributed by atoms with Crippen molar-refractivity contribution < 1.29 is 80.2 Å². The van der Waals surface area contributed by atoms with Gasteiger partial charge in [-0.05, 0) is 31.6 Å². The maximum absolute atomic E-state index is 12.9. The molecule has 2 unspecified atom stereocenters. The van der Waals surface area contributed by atoms with Gasteiger partial charge in [-0.25, -0.2) is 9.13 Å². The summed E-state index contributed by atoms with van der Waals surface area (Å²) in [7, 11) is -9.84. The van der Waals surface area contributed by atoms with Crippen molar-refractivity contribution in [1.29, 1.82) is 0 Å². The van der Waals surface area contributed by atoms with E-state index in [2.05, 4.69) is 34.6 Å². The van der Waals surface area contributed by atoms with Crippen LogP contribution in [-0.4, -0.2) is 96.7 Å². The summed E-state index contributed by atoms with van der Waals surface area (Å²) in [5.74, 6) is -1.40. The molecule has 17 nitrogen and oxygen atoms in total. The second-order valence-electron chi connectivity index (χ2n) is 20.1. The van der Waals surface area contributed by atoms with E-state index in [4.69, 9.17) is 37.0 Å². The number of aliphatic hydroxyl groups excluding tert-OH is 1. The van der Waals surface area contributed by atoms with Crippen LogP contribution in [-0.2, 0) is 65.4 Å². The van der Waals surface area contributed by atoms with E-state index in [1.165, 1.54) is 70.6 Å². The van der Waals surface area contributed by atoms with Gasteiger partial charge in [0.05, 0.1) is 26.4 Å². The summed E-state index contributed by atoms with van der Waals surface area (Å²) in [5, 5.41) is 10.4. The first-order valence-electron chi connectivity index (χ1n) is 28.6. The number of ether oxygens (including phenoxy) is 4. The van der Waals surface area contributed by atoms with Crippen molar-refractivity contribution in [1.82, 2.24) is 0 Å². The second-order valence-corrected chi connectivity index (χ2v) is 23.0. The molecule has 0 spiro atoms. The van der Waals surface area contributed by atoms with Crippen LogP contribution < -0.4 is 0 Å². The molecule has 0 saturated heterocycles. The zero-order chi connectivity index (χ0) is 54.3. The molecule has 0 bridgehead atoms. The Bertz CT molecular complexity index is 1450. The molecule has 73 heavy (non-hydrogen) atoms. The fourth-order valence-corrected chi connectivity index (χ4v) is 9.39. The maximum atomic E-state index is 12.9. The molecule has 0 aromatic rings. The molecule has 5 atom stereocenters. The van der Waals surface area contributed by atoms with E-state index in [1.807, 2.05) is 0 Å². The van der Waals surface area contributed by atoms with Crippen LogP contribution in [0.3, 0.4) is 0 Å². The van der Waals surface area contributed by atoms with Crippen molar-refractivity contribution in [3.05, 3.63) is 0 Å². The van der Waals surface area contributed by atoms with Crippen LogP contribution in [0.4, 0.5) is 0 Å². The van der Waals surface area contributed by atoms with Gasteiger partial charge in [0.1, 0.15) is 19.3 Å². The molecule has 19 heteroatoms. The van der Waals surface area contributed by atoms with Gasteiger partial charge in [0, 0.05) is 25.7 Å². The van der Waals surface area contributed by atoms with E-state index < -0.39 is 97.5 Å². The minimum Gasteiger partial charge on any atom is -0.462 e. The SMILES string of the molecule is CCCCCCCCCCC(=O)OC[C@H](COP(=O)(O)OC[C@@H](O)COP(=O)(O)OC[C@@H](COC(=O)CCCCCCC)OC(=O)CCCCCCC)OC(=O)CCCCCCCCCCCCCCC(C)C. The summed E-state index contributed by atoms with van der Waals surface area (Å²) >= 11 is 0. The van der Waals surface area contributed by atoms with Crippen LogP contribution in [0.25, 0.3) is 0 Å². The number of hydrogen-bond donors (Lipinski definition) is 3. The van der Waals surface area contributed by atoms with Crippen molar-refractivity contribution >= 4 is 39.5 Å². The Balaban J connectivity index is 5.10. The number of esters is 4. The molecular formula is C54H104O17P2. The number of rotatable bonds is 54. The number of carbonyl (C=O) groups is 4. The number of carbonyl (C=O) groups excluding carboxylic acids is 4. The first kappa shape index (κ1) is 71.1. The largest absolute Gasteiger partial charge is 0.472 e. The van der Waals surface area contributed by atoms with Gasteiger partial charge in [0.25, 0.3) is 0 Å². The summed E-state index contributed by atoms with van der Waals surface area (Å²) in [4.78, 5) is 71.1. The Morgan fingerprint density at radius 3 is 0.932 bits per heavy atom. The average molecular weight is 1090 g/mol. The van der Waals surface area contributed by atoms with Gasteiger partial charge in [-0.3, -0.25) is 37.3 Å². The fraction of sp³-hybridized carbons (Fsp3) is 0.926. The first-order chi connectivity index (χ1) is 35.0. The number of aliphatic hydroxyl groups is 1. The van der Waals surface area contributed by atoms with Crippen LogP contribution >= 0.6 is 15.6 Å². The fourth-order valence-electron chi connectivity index (χ4n) is 7.81. The van der Waals surface area contributed by atoms with E-state index in [9.17, 15) is 43.2 Å². The summed E-state index contributed by atoms with van der Waals surface area (Å²) in [6.45, 7) is 6.91. The number of phosphoric acid groups is 2. The molecule has 0 fully saturated rings. The number of unbranched alkanes of at least 4 members (excludes halogenated alkanes) is 26. The van der Waals surface area contributed by atoms with Crippen molar-refractivity contribution in [2.45, 2.75) is 278 Å². The van der Waals surface area contributed by atoms with Crippen molar-refractivity contribution in [3.63, 3.8) is 0 Å². The van der Waals surface area contributed by atoms with Crippen molar-refractivity contribution in [3.8, 4) is 0 Å². The Labute approximate surface area is 441 Å². The highest BCUT2D eigenvalue weighted by atomic mass is 31.2. The van der Waals surface area contributed by atoms with Crippen LogP contribution in [0.15, 0.2) is 0 Å². The van der Waals surface area contributed by atoms with Crippen molar-refractivity contribution in [2.75, 3.05) is 39.6 Å². The molecule has 3 N–H and O–H groups in total. The lowest BCUT2D eigenvalue weighted by Gasteiger charge is -2.21. The average Bonchev–Trinajstić information content (AvgIpc) is 3.35. The van der Waals surface area contributed by atoms with Crippen LogP contribution in [0.1, 0.15) is 259 Å². The molecule has 0 aromatic heterocycles. The van der Waals surface area contributed by atoms with Gasteiger partial charge < -0.3 is 33.8 Å². The van der Waals surface area contributed by atoms with E-state index in [0.29, 0.717) is 25.7 Å². The predicted octanol–water partition coefficient (Wildman–Crippen LogP) is 13.9. The minimum absolute atomic E-state index is 0.0986. The minimum atomic E-state index is -4.93. The van der Waals surface area contributed by atoms with Gasteiger partial charge in [0.2, 0.25) is 0 Å². The van der Waals surface area contributed by atoms with Gasteiger partial charge in [-0.1, -0.05) is 208 Å². The molecular weight excluding hydrogens is 983 g/mol. The smallest absolute Gasteiger partial charge is 0.462 e. The number of phosphoric ester groups is 2. The Hall–Kier alpha value is -1.94. The molecule has 0 aliphatic rings. The van der Waals surface area contributed by atoms with E-state index >= 15 is 0 Å². The third kappa shape index (κ3) is 49.4. The highest BCUT2D eigenvalue weighted by Crippen LogP contribution is 2.45. The molecule has 0 saturated carbocycles. The highest BCUT2D eigenvalue weighted by molar-refractivity contribution is 7.47. The van der Waals surface area contributed by atoms with E-state index in [1.54, 1.807) is 0 Å². The first-order valence-corrected chi connectivity index (χ1v) is 31.6. The summed E-state index contributed by atoms with van der Waals surface area (Å²) in [5.41, 5.74) is 0. The van der Waals surface area contributed by atoms with Crippen molar-refractivity contribution in [2.24, 2.45) is 5.92 Å². The summed E-state index contributed by atoms with van der Waals surface area (Å²) in [6.07, 6.45) is 28.8. The third-order valence-corrected chi connectivity index (χ3v) is 14.2. The molecule has 0 aromatic carbocycles. The summed E-state index contributed by atoms with van der Waals surface area (Å²) in [6, 6.07) is 0. The molecule has 432 valence electrons. The third-order valence-electron chi connectivity index (χ3n) is 12.3. The molecule has 0 amide bonds. The lowest BCUT2D eigenvalue weighted by atomic mass is 10.0. The van der Waals surface area contributed by atoms with Crippen LogP contribution in [0.5, 0.6) is 0 Å².